The molecule has 0 amide bonds. The van der Waals surface area contributed by atoms with Crippen LogP contribution in [0.1, 0.15) is 0 Å². The van der Waals surface area contributed by atoms with Crippen LogP contribution < -0.4 is 11.7 Å². The number of nitrogens with zero attached hydrogens (tertiary/aromatic N) is 2. The normalized spacial score (nSPS) is 7.78. The number of nitrogens with one attached hydrogen (secondary N) is 2. The molecule has 0 aliphatic carbocycles. The van der Waals surface area contributed by atoms with E-state index in [0.717, 1.165) is 0 Å². The number of benzene rings is 2. The Balaban J connectivity index is 0.000000414. The average Bonchev–Trinajstić information content (AvgIpc) is 2.43. The lowest BCUT2D eigenvalue weighted by Crippen LogP contribution is -1.73. The SMILES string of the molecule is N=NN.N=NN.c1ccc(-c2ccccc2)cc1. The molecule has 0 radical (unpaired) electrons. The van der Waals surface area contributed by atoms with Gasteiger partial charge in [0.05, 0.1) is 0 Å². The van der Waals surface area contributed by atoms with E-state index >= 15 is 0 Å². The third-order valence-electron chi connectivity index (χ3n) is 1.88. The minimum absolute atomic E-state index is 1.28. The summed E-state index contributed by atoms with van der Waals surface area (Å²) in [5.74, 6) is 8.28. The molecule has 0 aromatic heterocycles. The predicted molar refractivity (Wildman–Crippen MR) is 70.5 cm³/mol. The van der Waals surface area contributed by atoms with Crippen LogP contribution in [0.4, 0.5) is 0 Å². The van der Waals surface area contributed by atoms with Crippen molar-refractivity contribution in [3.05, 3.63) is 60.7 Å². The third-order valence-corrected chi connectivity index (χ3v) is 1.88. The molecule has 0 atom stereocenters. The second kappa shape index (κ2) is 10.7. The van der Waals surface area contributed by atoms with E-state index in [1.807, 2.05) is 12.1 Å². The fraction of sp³-hybridized carbons (Fsp3) is 0. The molecular formula is C12H16N6. The molecule has 2 aromatic carbocycles. The highest BCUT2D eigenvalue weighted by Crippen LogP contribution is 2.17. The topological polar surface area (TPSA) is 124 Å². The molecule has 0 spiro atoms. The van der Waals surface area contributed by atoms with Gasteiger partial charge < -0.3 is 11.7 Å². The molecule has 0 saturated carbocycles. The summed E-state index contributed by atoms with van der Waals surface area (Å²) in [5, 5.41) is 4.50. The molecule has 0 heterocycles. The maximum atomic E-state index is 5.61. The molecule has 6 N–H and O–H groups in total. The first-order valence-corrected chi connectivity index (χ1v) is 5.03. The molecule has 0 aliphatic heterocycles. The van der Waals surface area contributed by atoms with Gasteiger partial charge in [0.2, 0.25) is 0 Å². The third kappa shape index (κ3) is 6.67. The fourth-order valence-corrected chi connectivity index (χ4v) is 1.26. The Kier molecular flexibility index (Phi) is 9.10. The monoisotopic (exact) mass is 244 g/mol. The van der Waals surface area contributed by atoms with Crippen LogP contribution in [0.5, 0.6) is 0 Å². The van der Waals surface area contributed by atoms with E-state index in [1.165, 1.54) is 11.1 Å². The van der Waals surface area contributed by atoms with E-state index in [0.29, 0.717) is 0 Å². The van der Waals surface area contributed by atoms with Gasteiger partial charge in [-0.05, 0) is 11.1 Å². The maximum Gasteiger partial charge on any atom is -0.0184 e. The van der Waals surface area contributed by atoms with Crippen LogP contribution in [-0.4, -0.2) is 0 Å². The van der Waals surface area contributed by atoms with Gasteiger partial charge in [-0.25, -0.2) is 0 Å². The van der Waals surface area contributed by atoms with Crippen LogP contribution in [0.3, 0.4) is 0 Å². The molecule has 6 heteroatoms. The molecule has 0 unspecified atom stereocenters. The van der Waals surface area contributed by atoms with E-state index in [-0.39, 0.29) is 0 Å². The van der Waals surface area contributed by atoms with E-state index < -0.39 is 0 Å². The Bertz CT molecular complexity index is 385. The molecule has 0 fully saturated rings. The summed E-state index contributed by atoms with van der Waals surface area (Å²) in [6.07, 6.45) is 0. The van der Waals surface area contributed by atoms with Crippen LogP contribution in [0, 0.1) is 11.1 Å². The van der Waals surface area contributed by atoms with Gasteiger partial charge in [0.15, 0.2) is 0 Å². The summed E-state index contributed by atoms with van der Waals surface area (Å²) in [6, 6.07) is 20.8. The summed E-state index contributed by atoms with van der Waals surface area (Å²) in [4.78, 5) is 0. The first-order chi connectivity index (χ1) is 8.79. The van der Waals surface area contributed by atoms with E-state index in [9.17, 15) is 0 Å². The Hall–Kier alpha value is -2.76. The Labute approximate surface area is 106 Å². The highest BCUT2D eigenvalue weighted by Gasteiger charge is 1.91. The molecule has 2 aromatic rings. The molecule has 6 nitrogen and oxygen atoms in total. The van der Waals surface area contributed by atoms with Gasteiger partial charge in [-0.15, -0.1) is 0 Å². The van der Waals surface area contributed by atoms with Crippen molar-refractivity contribution >= 4 is 0 Å². The van der Waals surface area contributed by atoms with Crippen molar-refractivity contribution in [3.63, 3.8) is 0 Å². The first-order valence-electron chi connectivity index (χ1n) is 5.03. The van der Waals surface area contributed by atoms with Gasteiger partial charge in [0.25, 0.3) is 0 Å². The van der Waals surface area contributed by atoms with Gasteiger partial charge >= 0.3 is 0 Å². The van der Waals surface area contributed by atoms with E-state index in [1.54, 1.807) is 0 Å². The van der Waals surface area contributed by atoms with Gasteiger partial charge in [-0.2, -0.15) is 11.1 Å². The van der Waals surface area contributed by atoms with Crippen molar-refractivity contribution in [2.75, 3.05) is 0 Å². The van der Waals surface area contributed by atoms with Gasteiger partial charge in [0, 0.05) is 0 Å². The Morgan fingerprint density at radius 2 is 0.833 bits per heavy atom. The number of nitrogens with two attached hydrogens (primary N) is 2. The van der Waals surface area contributed by atoms with Crippen LogP contribution in [-0.2, 0) is 0 Å². The van der Waals surface area contributed by atoms with Gasteiger partial charge in [-0.1, -0.05) is 71.1 Å². The summed E-state index contributed by atoms with van der Waals surface area (Å²) >= 11 is 0. The molecule has 94 valence electrons. The summed E-state index contributed by atoms with van der Waals surface area (Å²) < 4.78 is 0. The molecule has 0 bridgehead atoms. The van der Waals surface area contributed by atoms with Crippen LogP contribution in [0.2, 0.25) is 0 Å². The summed E-state index contributed by atoms with van der Waals surface area (Å²) in [5.41, 5.74) is 13.8. The van der Waals surface area contributed by atoms with Crippen LogP contribution >= 0.6 is 0 Å². The zero-order chi connectivity index (χ0) is 13.6. The van der Waals surface area contributed by atoms with Crippen molar-refractivity contribution < 1.29 is 0 Å². The molecule has 2 rings (SSSR count). The molecule has 18 heavy (non-hydrogen) atoms. The van der Waals surface area contributed by atoms with Gasteiger partial charge in [0.1, 0.15) is 0 Å². The lowest BCUT2D eigenvalue weighted by molar-refractivity contribution is 0.990. The van der Waals surface area contributed by atoms with Crippen molar-refractivity contribution in [1.29, 1.82) is 11.1 Å². The lowest BCUT2D eigenvalue weighted by atomic mass is 10.1. The minimum atomic E-state index is 1.28. The highest BCUT2D eigenvalue weighted by atomic mass is 15.2. The minimum Gasteiger partial charge on any atom is -0.305 e. The Morgan fingerprint density at radius 3 is 1.06 bits per heavy atom. The molecule has 0 aliphatic rings. The highest BCUT2D eigenvalue weighted by molar-refractivity contribution is 5.62. The molecular weight excluding hydrogens is 228 g/mol. The number of hydrogen-bond acceptors (Lipinski definition) is 4. The van der Waals surface area contributed by atoms with Crippen molar-refractivity contribution in [2.45, 2.75) is 0 Å². The first kappa shape index (κ1) is 15.2. The summed E-state index contributed by atoms with van der Waals surface area (Å²) in [7, 11) is 0. The smallest absolute Gasteiger partial charge is 0.0184 e. The average molecular weight is 244 g/mol. The van der Waals surface area contributed by atoms with E-state index in [2.05, 4.69) is 70.7 Å². The summed E-state index contributed by atoms with van der Waals surface area (Å²) in [6.45, 7) is 0. The van der Waals surface area contributed by atoms with Crippen LogP contribution in [0.25, 0.3) is 11.1 Å². The molecule has 0 saturated heterocycles. The second-order valence-corrected chi connectivity index (χ2v) is 2.99. The standard InChI is InChI=1S/C12H10.2H3N3/c1-3-7-11(8-4-1)12-9-5-2-6-10-12;2*1-3-2/h1-10H;2*(H3,1,2). The number of rotatable bonds is 1. The second-order valence-electron chi connectivity index (χ2n) is 2.99. The largest absolute Gasteiger partial charge is 0.305 e. The van der Waals surface area contributed by atoms with Crippen molar-refractivity contribution in [2.24, 2.45) is 22.1 Å². The van der Waals surface area contributed by atoms with Gasteiger partial charge in [-0.3, -0.25) is 0 Å². The van der Waals surface area contributed by atoms with Crippen LogP contribution in [0.15, 0.2) is 71.1 Å². The zero-order valence-electron chi connectivity index (χ0n) is 9.82. The predicted octanol–water partition coefficient (Wildman–Crippen LogP) is 3.14. The van der Waals surface area contributed by atoms with Crippen molar-refractivity contribution in [1.82, 2.24) is 0 Å². The lowest BCUT2D eigenvalue weighted by Gasteiger charge is -1.98. The van der Waals surface area contributed by atoms with Crippen molar-refractivity contribution in [3.8, 4) is 11.1 Å². The Morgan fingerprint density at radius 1 is 0.611 bits per heavy atom. The zero-order valence-corrected chi connectivity index (χ0v) is 9.82. The maximum absolute atomic E-state index is 5.61. The van der Waals surface area contributed by atoms with E-state index in [4.69, 9.17) is 11.1 Å². The number of hydrogen-bond donors (Lipinski definition) is 4. The quantitative estimate of drug-likeness (QED) is 0.349. The fourth-order valence-electron chi connectivity index (χ4n) is 1.26.